The summed E-state index contributed by atoms with van der Waals surface area (Å²) in [6.07, 6.45) is 0.532. The standard InChI is InChI=1S/C19H19NO3S/c1-3-23-19(21)17-12-13-11-14(22-2)9-10-16(13)18(20-17)24-15-7-5-4-6-8-15/h4-11,17H,3,12H2,1-2H3. The highest BCUT2D eigenvalue weighted by molar-refractivity contribution is 8.14. The smallest absolute Gasteiger partial charge is 0.331 e. The normalized spacial score (nSPS) is 16.1. The molecule has 1 atom stereocenters. The lowest BCUT2D eigenvalue weighted by atomic mass is 9.97. The summed E-state index contributed by atoms with van der Waals surface area (Å²) in [5.74, 6) is 0.499. The Morgan fingerprint density at radius 1 is 1.25 bits per heavy atom. The summed E-state index contributed by atoms with van der Waals surface area (Å²) in [6, 6.07) is 15.4. The fourth-order valence-electron chi connectivity index (χ4n) is 2.60. The van der Waals surface area contributed by atoms with Gasteiger partial charge in [0.25, 0.3) is 0 Å². The fraction of sp³-hybridized carbons (Fsp3) is 0.263. The number of rotatable bonds is 4. The topological polar surface area (TPSA) is 47.9 Å². The van der Waals surface area contributed by atoms with Gasteiger partial charge in [0.05, 0.1) is 13.7 Å². The summed E-state index contributed by atoms with van der Waals surface area (Å²) in [4.78, 5) is 17.9. The van der Waals surface area contributed by atoms with Gasteiger partial charge in [-0.15, -0.1) is 0 Å². The van der Waals surface area contributed by atoms with Gasteiger partial charge in [0, 0.05) is 16.9 Å². The van der Waals surface area contributed by atoms with E-state index in [2.05, 4.69) is 4.99 Å². The Hall–Kier alpha value is -2.27. The molecule has 5 heteroatoms. The molecule has 2 aromatic rings. The van der Waals surface area contributed by atoms with Gasteiger partial charge < -0.3 is 9.47 Å². The molecule has 2 aromatic carbocycles. The van der Waals surface area contributed by atoms with Crippen LogP contribution in [0, 0.1) is 0 Å². The molecule has 0 spiro atoms. The van der Waals surface area contributed by atoms with Crippen molar-refractivity contribution in [1.29, 1.82) is 0 Å². The van der Waals surface area contributed by atoms with E-state index in [1.807, 2.05) is 48.5 Å². The third-order valence-corrected chi connectivity index (χ3v) is 4.77. The summed E-state index contributed by atoms with van der Waals surface area (Å²) in [7, 11) is 1.64. The van der Waals surface area contributed by atoms with Crippen LogP contribution in [0.1, 0.15) is 18.1 Å². The monoisotopic (exact) mass is 341 g/mol. The first-order valence-electron chi connectivity index (χ1n) is 7.86. The highest BCUT2D eigenvalue weighted by Gasteiger charge is 2.28. The SMILES string of the molecule is CCOC(=O)C1Cc2cc(OC)ccc2C(Sc2ccccc2)=N1. The largest absolute Gasteiger partial charge is 0.497 e. The number of aliphatic imine (C=N–C) groups is 1. The number of ether oxygens (including phenoxy) is 2. The Morgan fingerprint density at radius 2 is 2.04 bits per heavy atom. The number of thioether (sulfide) groups is 1. The van der Waals surface area contributed by atoms with Crippen molar-refractivity contribution in [1.82, 2.24) is 0 Å². The van der Waals surface area contributed by atoms with Gasteiger partial charge in [-0.3, -0.25) is 4.99 Å². The van der Waals surface area contributed by atoms with Crippen molar-refractivity contribution >= 4 is 22.8 Å². The number of methoxy groups -OCH3 is 1. The second kappa shape index (κ2) is 7.53. The molecule has 24 heavy (non-hydrogen) atoms. The van der Waals surface area contributed by atoms with E-state index in [4.69, 9.17) is 9.47 Å². The van der Waals surface area contributed by atoms with Gasteiger partial charge in [0.2, 0.25) is 0 Å². The molecule has 1 heterocycles. The molecule has 1 unspecified atom stereocenters. The van der Waals surface area contributed by atoms with Crippen molar-refractivity contribution in [2.45, 2.75) is 24.3 Å². The molecule has 0 aromatic heterocycles. The molecule has 0 saturated heterocycles. The van der Waals surface area contributed by atoms with Crippen molar-refractivity contribution < 1.29 is 14.3 Å². The van der Waals surface area contributed by atoms with Crippen molar-refractivity contribution in [3.8, 4) is 5.75 Å². The Labute approximate surface area is 145 Å². The lowest BCUT2D eigenvalue weighted by molar-refractivity contribution is -0.144. The van der Waals surface area contributed by atoms with Gasteiger partial charge in [0.1, 0.15) is 10.8 Å². The zero-order valence-corrected chi connectivity index (χ0v) is 14.5. The zero-order chi connectivity index (χ0) is 16.9. The first-order valence-corrected chi connectivity index (χ1v) is 8.67. The second-order valence-electron chi connectivity index (χ2n) is 5.34. The summed E-state index contributed by atoms with van der Waals surface area (Å²) < 4.78 is 10.5. The minimum Gasteiger partial charge on any atom is -0.497 e. The molecule has 0 saturated carbocycles. The van der Waals surface area contributed by atoms with Crippen molar-refractivity contribution in [2.24, 2.45) is 4.99 Å². The molecule has 0 bridgehead atoms. The lowest BCUT2D eigenvalue weighted by Crippen LogP contribution is -2.29. The van der Waals surface area contributed by atoms with Crippen LogP contribution >= 0.6 is 11.8 Å². The van der Waals surface area contributed by atoms with Crippen LogP contribution < -0.4 is 4.74 Å². The lowest BCUT2D eigenvalue weighted by Gasteiger charge is -2.22. The Kier molecular flexibility index (Phi) is 5.20. The fourth-order valence-corrected chi connectivity index (χ4v) is 3.60. The number of nitrogens with zero attached hydrogens (tertiary/aromatic N) is 1. The molecular weight excluding hydrogens is 322 g/mol. The molecule has 1 aliphatic rings. The molecule has 0 aliphatic carbocycles. The van der Waals surface area contributed by atoms with Gasteiger partial charge in [0.15, 0.2) is 6.04 Å². The Morgan fingerprint density at radius 3 is 2.75 bits per heavy atom. The van der Waals surface area contributed by atoms with E-state index >= 15 is 0 Å². The zero-order valence-electron chi connectivity index (χ0n) is 13.7. The molecule has 0 fully saturated rings. The average molecular weight is 341 g/mol. The van der Waals surface area contributed by atoms with Gasteiger partial charge in [-0.05, 0) is 42.8 Å². The van der Waals surface area contributed by atoms with Crippen LogP contribution in [0.2, 0.25) is 0 Å². The highest BCUT2D eigenvalue weighted by atomic mass is 32.2. The van der Waals surface area contributed by atoms with Crippen LogP contribution in [0.3, 0.4) is 0 Å². The summed E-state index contributed by atoms with van der Waals surface area (Å²) in [6.45, 7) is 2.16. The predicted octanol–water partition coefficient (Wildman–Crippen LogP) is 3.72. The van der Waals surface area contributed by atoms with E-state index in [0.29, 0.717) is 13.0 Å². The quantitative estimate of drug-likeness (QED) is 0.795. The molecular formula is C19H19NO3S. The maximum atomic E-state index is 12.2. The predicted molar refractivity (Wildman–Crippen MR) is 96.0 cm³/mol. The second-order valence-corrected chi connectivity index (χ2v) is 6.41. The minimum absolute atomic E-state index is 0.280. The number of carbonyl (C=O) groups is 1. The number of carbonyl (C=O) groups excluding carboxylic acids is 1. The first kappa shape index (κ1) is 16.6. The van der Waals surface area contributed by atoms with Crippen LogP contribution in [0.4, 0.5) is 0 Å². The molecule has 0 amide bonds. The summed E-state index contributed by atoms with van der Waals surface area (Å²) in [5, 5.41) is 0.836. The first-order chi connectivity index (χ1) is 11.7. The number of fused-ring (bicyclic) bond motifs is 1. The number of esters is 1. The number of benzene rings is 2. The number of hydrogen-bond acceptors (Lipinski definition) is 5. The summed E-state index contributed by atoms with van der Waals surface area (Å²) in [5.41, 5.74) is 2.10. The van der Waals surface area contributed by atoms with Crippen LogP contribution in [0.25, 0.3) is 0 Å². The Bertz CT molecular complexity index is 758. The van der Waals surface area contributed by atoms with E-state index in [1.165, 1.54) is 0 Å². The minimum atomic E-state index is -0.504. The number of hydrogen-bond donors (Lipinski definition) is 0. The van der Waals surface area contributed by atoms with Gasteiger partial charge in [-0.25, -0.2) is 4.79 Å². The van der Waals surface area contributed by atoms with E-state index < -0.39 is 6.04 Å². The van der Waals surface area contributed by atoms with Gasteiger partial charge in [-0.1, -0.05) is 30.0 Å². The van der Waals surface area contributed by atoms with Crippen LogP contribution in [-0.4, -0.2) is 30.8 Å². The molecule has 124 valence electrons. The van der Waals surface area contributed by atoms with Crippen molar-refractivity contribution in [2.75, 3.05) is 13.7 Å². The van der Waals surface area contributed by atoms with Gasteiger partial charge >= 0.3 is 5.97 Å². The van der Waals surface area contributed by atoms with E-state index in [9.17, 15) is 4.79 Å². The van der Waals surface area contributed by atoms with E-state index in [0.717, 1.165) is 26.8 Å². The third-order valence-electron chi connectivity index (χ3n) is 3.75. The van der Waals surface area contributed by atoms with Crippen LogP contribution in [0.5, 0.6) is 5.75 Å². The van der Waals surface area contributed by atoms with Gasteiger partial charge in [-0.2, -0.15) is 0 Å². The third kappa shape index (κ3) is 3.62. The van der Waals surface area contributed by atoms with Crippen LogP contribution in [0.15, 0.2) is 58.4 Å². The maximum absolute atomic E-state index is 12.2. The van der Waals surface area contributed by atoms with Crippen molar-refractivity contribution in [3.05, 3.63) is 59.7 Å². The van der Waals surface area contributed by atoms with Crippen molar-refractivity contribution in [3.63, 3.8) is 0 Å². The Balaban J connectivity index is 1.97. The molecule has 3 rings (SSSR count). The maximum Gasteiger partial charge on any atom is 0.331 e. The van der Waals surface area contributed by atoms with Crippen LogP contribution in [-0.2, 0) is 16.0 Å². The molecule has 1 aliphatic heterocycles. The molecule has 0 N–H and O–H groups in total. The summed E-state index contributed by atoms with van der Waals surface area (Å²) >= 11 is 1.56. The highest BCUT2D eigenvalue weighted by Crippen LogP contribution is 2.32. The molecule has 4 nitrogen and oxygen atoms in total. The average Bonchev–Trinajstić information content (AvgIpc) is 2.62. The van der Waals surface area contributed by atoms with E-state index in [-0.39, 0.29) is 5.97 Å². The molecule has 0 radical (unpaired) electrons. The van der Waals surface area contributed by atoms with E-state index in [1.54, 1.807) is 25.8 Å².